The van der Waals surface area contributed by atoms with Gasteiger partial charge in [0.1, 0.15) is 35.1 Å². The van der Waals surface area contributed by atoms with E-state index in [9.17, 15) is 13.2 Å². The van der Waals surface area contributed by atoms with Gasteiger partial charge in [-0.1, -0.05) is 11.6 Å². The molecule has 0 amide bonds. The van der Waals surface area contributed by atoms with E-state index in [-0.39, 0.29) is 23.6 Å². The number of hydrogen-bond donors (Lipinski definition) is 2. The maximum absolute atomic E-state index is 12.9. The first kappa shape index (κ1) is 26.5. The molecule has 11 heteroatoms. The van der Waals surface area contributed by atoms with Crippen LogP contribution in [0.1, 0.15) is 11.1 Å². The number of nitrogens with one attached hydrogen (secondary N) is 2. The van der Waals surface area contributed by atoms with Crippen molar-refractivity contribution in [2.24, 2.45) is 0 Å². The number of ether oxygens (including phenoxy) is 3. The fourth-order valence-electron chi connectivity index (χ4n) is 3.86. The number of halogens is 1. The standard InChI is InChI=1S/C26H26ClN3O6S/c1-15-16(2)22(36-12-11-28-37(32,33)19-7-5-17(27)6-8-19)10-9-20(15)25-29-21-13-18(34-3)14-23(35-4)24(21)26(31)30-25/h5-10,13-14,28H,11-12H2,1-4H3,(H,29,30,31). The Hall–Kier alpha value is -3.60. The molecule has 1 heterocycles. The van der Waals surface area contributed by atoms with Crippen LogP contribution in [-0.2, 0) is 10.0 Å². The SMILES string of the molecule is COc1cc(OC)c2c(=O)[nH]c(-c3ccc(OCCNS(=O)(=O)c4ccc(Cl)cc4)c(C)c3C)nc2c1. The van der Waals surface area contributed by atoms with Crippen molar-refractivity contribution >= 4 is 32.5 Å². The van der Waals surface area contributed by atoms with Crippen molar-refractivity contribution in [1.82, 2.24) is 14.7 Å². The van der Waals surface area contributed by atoms with Crippen LogP contribution in [0.4, 0.5) is 0 Å². The van der Waals surface area contributed by atoms with Gasteiger partial charge in [-0.3, -0.25) is 4.79 Å². The molecule has 0 bridgehead atoms. The van der Waals surface area contributed by atoms with Crippen LogP contribution in [0, 0.1) is 13.8 Å². The highest BCUT2D eigenvalue weighted by molar-refractivity contribution is 7.89. The van der Waals surface area contributed by atoms with E-state index in [1.54, 1.807) is 24.3 Å². The van der Waals surface area contributed by atoms with Crippen molar-refractivity contribution < 1.29 is 22.6 Å². The van der Waals surface area contributed by atoms with E-state index in [1.807, 2.05) is 13.8 Å². The first-order valence-corrected chi connectivity index (χ1v) is 13.2. The molecule has 0 radical (unpaired) electrons. The van der Waals surface area contributed by atoms with E-state index in [4.69, 9.17) is 25.8 Å². The summed E-state index contributed by atoms with van der Waals surface area (Å²) < 4.78 is 43.8. The Balaban J connectivity index is 1.53. The first-order chi connectivity index (χ1) is 17.6. The number of fused-ring (bicyclic) bond motifs is 1. The number of aromatic nitrogens is 2. The van der Waals surface area contributed by atoms with Crippen LogP contribution in [0.5, 0.6) is 17.2 Å². The smallest absolute Gasteiger partial charge is 0.262 e. The third kappa shape index (κ3) is 5.56. The van der Waals surface area contributed by atoms with Gasteiger partial charge in [-0.05, 0) is 61.4 Å². The summed E-state index contributed by atoms with van der Waals surface area (Å²) >= 11 is 5.83. The van der Waals surface area contributed by atoms with E-state index in [0.717, 1.165) is 16.7 Å². The molecule has 2 N–H and O–H groups in total. The third-order valence-electron chi connectivity index (χ3n) is 5.97. The molecule has 194 valence electrons. The third-order valence-corrected chi connectivity index (χ3v) is 7.70. The number of benzene rings is 3. The molecule has 1 aromatic heterocycles. The maximum Gasteiger partial charge on any atom is 0.262 e. The van der Waals surface area contributed by atoms with Gasteiger partial charge in [0, 0.05) is 29.3 Å². The topological polar surface area (TPSA) is 120 Å². The monoisotopic (exact) mass is 543 g/mol. The Bertz CT molecular complexity index is 1620. The number of nitrogens with zero attached hydrogens (tertiary/aromatic N) is 1. The minimum atomic E-state index is -3.67. The summed E-state index contributed by atoms with van der Waals surface area (Å²) in [6.45, 7) is 3.99. The minimum absolute atomic E-state index is 0.0778. The van der Waals surface area contributed by atoms with Crippen molar-refractivity contribution in [3.8, 4) is 28.6 Å². The molecule has 4 aromatic rings. The van der Waals surface area contributed by atoms with Crippen LogP contribution in [0.25, 0.3) is 22.3 Å². The summed E-state index contributed by atoms with van der Waals surface area (Å²) in [6.07, 6.45) is 0. The van der Waals surface area contributed by atoms with E-state index < -0.39 is 10.0 Å². The summed E-state index contributed by atoms with van der Waals surface area (Å²) in [5.74, 6) is 1.89. The molecule has 0 aliphatic rings. The quantitative estimate of drug-likeness (QED) is 0.303. The summed E-state index contributed by atoms with van der Waals surface area (Å²) in [5.41, 5.74) is 2.54. The van der Waals surface area contributed by atoms with Gasteiger partial charge in [0.15, 0.2) is 0 Å². The molecular formula is C26H26ClN3O6S. The van der Waals surface area contributed by atoms with Gasteiger partial charge in [-0.15, -0.1) is 0 Å². The van der Waals surface area contributed by atoms with Crippen molar-refractivity contribution in [3.05, 3.63) is 75.0 Å². The van der Waals surface area contributed by atoms with Crippen LogP contribution in [0.15, 0.2) is 58.2 Å². The lowest BCUT2D eigenvalue weighted by Gasteiger charge is -2.15. The van der Waals surface area contributed by atoms with Gasteiger partial charge in [-0.2, -0.15) is 0 Å². The molecule has 0 fully saturated rings. The lowest BCUT2D eigenvalue weighted by Crippen LogP contribution is -2.28. The normalized spacial score (nSPS) is 11.5. The molecule has 9 nitrogen and oxygen atoms in total. The number of aromatic amines is 1. The zero-order chi connectivity index (χ0) is 26.7. The van der Waals surface area contributed by atoms with Crippen molar-refractivity contribution in [3.63, 3.8) is 0 Å². The molecule has 3 aromatic carbocycles. The van der Waals surface area contributed by atoms with Gasteiger partial charge in [0.25, 0.3) is 5.56 Å². The first-order valence-electron chi connectivity index (χ1n) is 11.3. The molecule has 0 aliphatic heterocycles. The second-order valence-electron chi connectivity index (χ2n) is 8.20. The van der Waals surface area contributed by atoms with E-state index in [1.165, 1.54) is 38.5 Å². The van der Waals surface area contributed by atoms with Gasteiger partial charge >= 0.3 is 0 Å². The van der Waals surface area contributed by atoms with Crippen LogP contribution >= 0.6 is 11.6 Å². The molecule has 0 unspecified atom stereocenters. The van der Waals surface area contributed by atoms with E-state index in [0.29, 0.717) is 39.0 Å². The summed E-state index contributed by atoms with van der Waals surface area (Å²) in [4.78, 5) is 20.5. The molecule has 0 saturated carbocycles. The molecule has 0 atom stereocenters. The minimum Gasteiger partial charge on any atom is -0.497 e. The van der Waals surface area contributed by atoms with Crippen LogP contribution in [0.3, 0.4) is 0 Å². The maximum atomic E-state index is 12.9. The van der Waals surface area contributed by atoms with E-state index >= 15 is 0 Å². The Morgan fingerprint density at radius 1 is 0.973 bits per heavy atom. The number of methoxy groups -OCH3 is 2. The molecule has 0 saturated heterocycles. The van der Waals surface area contributed by atoms with Crippen LogP contribution < -0.4 is 24.5 Å². The Kier molecular flexibility index (Phi) is 7.72. The largest absolute Gasteiger partial charge is 0.497 e. The molecule has 0 aliphatic carbocycles. The number of H-pyrrole nitrogens is 1. The molecule has 37 heavy (non-hydrogen) atoms. The van der Waals surface area contributed by atoms with Gasteiger partial charge in [0.2, 0.25) is 10.0 Å². The van der Waals surface area contributed by atoms with E-state index in [2.05, 4.69) is 14.7 Å². The highest BCUT2D eigenvalue weighted by Crippen LogP contribution is 2.32. The van der Waals surface area contributed by atoms with Crippen molar-refractivity contribution in [2.45, 2.75) is 18.7 Å². The zero-order valence-electron chi connectivity index (χ0n) is 20.7. The number of hydrogen-bond acceptors (Lipinski definition) is 7. The number of sulfonamides is 1. The van der Waals surface area contributed by atoms with Crippen molar-refractivity contribution in [2.75, 3.05) is 27.4 Å². The van der Waals surface area contributed by atoms with Gasteiger partial charge in [0.05, 0.1) is 24.6 Å². The fraction of sp³-hybridized carbons (Fsp3) is 0.231. The number of rotatable bonds is 9. The van der Waals surface area contributed by atoms with Crippen LogP contribution in [0.2, 0.25) is 5.02 Å². The second kappa shape index (κ2) is 10.8. The highest BCUT2D eigenvalue weighted by atomic mass is 35.5. The Morgan fingerprint density at radius 2 is 1.70 bits per heavy atom. The molecule has 4 rings (SSSR count). The fourth-order valence-corrected chi connectivity index (χ4v) is 5.00. The average Bonchev–Trinajstić information content (AvgIpc) is 2.88. The molecular weight excluding hydrogens is 518 g/mol. The zero-order valence-corrected chi connectivity index (χ0v) is 22.3. The predicted octanol–water partition coefficient (Wildman–Crippen LogP) is 4.23. The Morgan fingerprint density at radius 3 is 2.38 bits per heavy atom. The van der Waals surface area contributed by atoms with Crippen LogP contribution in [-0.4, -0.2) is 45.8 Å². The Labute approximate surface area is 219 Å². The lowest BCUT2D eigenvalue weighted by molar-refractivity contribution is 0.320. The van der Waals surface area contributed by atoms with Crippen molar-refractivity contribution in [1.29, 1.82) is 0 Å². The predicted molar refractivity (Wildman–Crippen MR) is 143 cm³/mol. The summed E-state index contributed by atoms with van der Waals surface area (Å²) in [6, 6.07) is 12.8. The lowest BCUT2D eigenvalue weighted by atomic mass is 10.0. The highest BCUT2D eigenvalue weighted by Gasteiger charge is 2.17. The van der Waals surface area contributed by atoms with Gasteiger partial charge < -0.3 is 19.2 Å². The summed E-state index contributed by atoms with van der Waals surface area (Å²) in [5, 5.41) is 0.793. The van der Waals surface area contributed by atoms with Gasteiger partial charge in [-0.25, -0.2) is 18.1 Å². The summed E-state index contributed by atoms with van der Waals surface area (Å²) in [7, 11) is -0.659. The second-order valence-corrected chi connectivity index (χ2v) is 10.4. The average molecular weight is 544 g/mol. The molecule has 0 spiro atoms.